The van der Waals surface area contributed by atoms with Gasteiger partial charge in [0.05, 0.1) is 10.2 Å². The molecule has 1 N–H and O–H groups in total. The number of nitrogens with one attached hydrogen (secondary N) is 1. The predicted octanol–water partition coefficient (Wildman–Crippen LogP) is 3.61. The predicted molar refractivity (Wildman–Crippen MR) is 111 cm³/mol. The quantitative estimate of drug-likeness (QED) is 0.733. The van der Waals surface area contributed by atoms with E-state index in [0.29, 0.717) is 5.56 Å². The Bertz CT molecular complexity index is 972. The molecule has 1 aliphatic heterocycles. The number of rotatable bonds is 4. The summed E-state index contributed by atoms with van der Waals surface area (Å²) in [6, 6.07) is 8.84. The van der Waals surface area contributed by atoms with Crippen molar-refractivity contribution in [3.63, 3.8) is 0 Å². The monoisotopic (exact) mass is 396 g/mol. The zero-order valence-electron chi connectivity index (χ0n) is 15.9. The molecule has 1 fully saturated rings. The van der Waals surface area contributed by atoms with Crippen molar-refractivity contribution in [3.05, 3.63) is 48.3 Å². The molecule has 4 rings (SSSR count). The third-order valence-corrected chi connectivity index (χ3v) is 6.13. The first-order valence-corrected chi connectivity index (χ1v) is 10.6. The number of amides is 2. The molecule has 28 heavy (non-hydrogen) atoms. The highest BCUT2D eigenvalue weighted by Crippen LogP contribution is 2.26. The van der Waals surface area contributed by atoms with Crippen LogP contribution in [0.1, 0.15) is 43.0 Å². The van der Waals surface area contributed by atoms with Gasteiger partial charge in [-0.25, -0.2) is 4.98 Å². The molecule has 1 atom stereocenters. The number of aromatic nitrogens is 2. The van der Waals surface area contributed by atoms with Crippen molar-refractivity contribution in [2.45, 2.75) is 38.6 Å². The summed E-state index contributed by atoms with van der Waals surface area (Å²) < 4.78 is 2.90. The fraction of sp³-hybridized carbons (Fsp3) is 0.381. The molecule has 0 spiro atoms. The van der Waals surface area contributed by atoms with Gasteiger partial charge in [-0.3, -0.25) is 9.59 Å². The molecule has 1 aliphatic rings. The van der Waals surface area contributed by atoms with Gasteiger partial charge in [0.2, 0.25) is 5.91 Å². The second kappa shape index (κ2) is 8.14. The SMILES string of the molecule is C[C@@H](NC(=O)c1ccc2nc(-n3cccc3)sc2c1)C(=O)N1CCCCCC1. The summed E-state index contributed by atoms with van der Waals surface area (Å²) in [4.78, 5) is 31.8. The van der Waals surface area contributed by atoms with Crippen LogP contribution < -0.4 is 5.32 Å². The Hall–Kier alpha value is -2.67. The van der Waals surface area contributed by atoms with Crippen LogP contribution in [0, 0.1) is 0 Å². The lowest BCUT2D eigenvalue weighted by molar-refractivity contribution is -0.132. The van der Waals surface area contributed by atoms with E-state index in [-0.39, 0.29) is 11.8 Å². The number of fused-ring (bicyclic) bond motifs is 1. The van der Waals surface area contributed by atoms with Crippen molar-refractivity contribution in [3.8, 4) is 5.13 Å². The van der Waals surface area contributed by atoms with E-state index in [2.05, 4.69) is 10.3 Å². The lowest BCUT2D eigenvalue weighted by atomic mass is 10.2. The summed E-state index contributed by atoms with van der Waals surface area (Å²) in [5.74, 6) is -0.225. The van der Waals surface area contributed by atoms with Gasteiger partial charge >= 0.3 is 0 Å². The van der Waals surface area contributed by atoms with Gasteiger partial charge in [-0.15, -0.1) is 0 Å². The first-order valence-electron chi connectivity index (χ1n) is 9.75. The average molecular weight is 397 g/mol. The van der Waals surface area contributed by atoms with E-state index < -0.39 is 6.04 Å². The first kappa shape index (κ1) is 18.7. The molecular formula is C21H24N4O2S. The van der Waals surface area contributed by atoms with Crippen molar-refractivity contribution in [1.82, 2.24) is 19.8 Å². The second-order valence-electron chi connectivity index (χ2n) is 7.20. The molecule has 1 aromatic carbocycles. The summed E-state index contributed by atoms with van der Waals surface area (Å²) >= 11 is 1.53. The first-order chi connectivity index (χ1) is 13.6. The minimum absolute atomic E-state index is 0.00372. The van der Waals surface area contributed by atoms with E-state index in [9.17, 15) is 9.59 Å². The molecule has 3 aromatic rings. The van der Waals surface area contributed by atoms with Gasteiger partial charge in [-0.1, -0.05) is 24.2 Å². The van der Waals surface area contributed by atoms with Crippen molar-refractivity contribution in [2.75, 3.05) is 13.1 Å². The van der Waals surface area contributed by atoms with E-state index in [1.807, 2.05) is 46.1 Å². The van der Waals surface area contributed by atoms with E-state index in [1.54, 1.807) is 13.0 Å². The van der Waals surface area contributed by atoms with Gasteiger partial charge in [0.1, 0.15) is 6.04 Å². The number of carbonyl (C=O) groups excluding carboxylic acids is 2. The van der Waals surface area contributed by atoms with Crippen molar-refractivity contribution < 1.29 is 9.59 Å². The summed E-state index contributed by atoms with van der Waals surface area (Å²) in [6.45, 7) is 3.34. The molecule has 7 heteroatoms. The summed E-state index contributed by atoms with van der Waals surface area (Å²) in [5.41, 5.74) is 1.41. The van der Waals surface area contributed by atoms with Crippen LogP contribution in [-0.2, 0) is 4.79 Å². The topological polar surface area (TPSA) is 67.2 Å². The van der Waals surface area contributed by atoms with Gasteiger partial charge in [-0.2, -0.15) is 0 Å². The van der Waals surface area contributed by atoms with Crippen LogP contribution in [0.15, 0.2) is 42.7 Å². The Kier molecular flexibility index (Phi) is 5.43. The summed E-state index contributed by atoms with van der Waals surface area (Å²) in [5, 5.41) is 3.72. The average Bonchev–Trinajstić information content (AvgIpc) is 3.30. The minimum Gasteiger partial charge on any atom is -0.341 e. The van der Waals surface area contributed by atoms with Crippen molar-refractivity contribution >= 4 is 33.4 Å². The maximum atomic E-state index is 12.7. The summed E-state index contributed by atoms with van der Waals surface area (Å²) in [7, 11) is 0. The fourth-order valence-corrected chi connectivity index (χ4v) is 4.50. The molecule has 1 saturated heterocycles. The van der Waals surface area contributed by atoms with Crippen LogP contribution in [-0.4, -0.2) is 45.4 Å². The Balaban J connectivity index is 1.46. The van der Waals surface area contributed by atoms with Crippen LogP contribution >= 0.6 is 11.3 Å². The molecule has 0 bridgehead atoms. The highest BCUT2D eigenvalue weighted by Gasteiger charge is 2.23. The van der Waals surface area contributed by atoms with Gasteiger partial charge in [-0.05, 0) is 50.1 Å². The lowest BCUT2D eigenvalue weighted by Crippen LogP contribution is -2.47. The number of carbonyl (C=O) groups is 2. The number of hydrogen-bond donors (Lipinski definition) is 1. The molecule has 0 saturated carbocycles. The van der Waals surface area contributed by atoms with Crippen LogP contribution in [0.25, 0.3) is 15.3 Å². The van der Waals surface area contributed by atoms with E-state index in [1.165, 1.54) is 24.2 Å². The maximum absolute atomic E-state index is 12.7. The zero-order chi connectivity index (χ0) is 19.5. The Morgan fingerprint density at radius 1 is 1.11 bits per heavy atom. The third-order valence-electron chi connectivity index (χ3n) is 5.10. The molecule has 0 aliphatic carbocycles. The molecule has 2 amide bonds. The fourth-order valence-electron chi connectivity index (χ4n) is 3.53. The van der Waals surface area contributed by atoms with Crippen LogP contribution in [0.2, 0.25) is 0 Å². The number of nitrogens with zero attached hydrogens (tertiary/aromatic N) is 3. The highest BCUT2D eigenvalue weighted by atomic mass is 32.1. The van der Waals surface area contributed by atoms with Crippen molar-refractivity contribution in [1.29, 1.82) is 0 Å². The standard InChI is InChI=1S/C21H24N4O2S/c1-15(20(27)24-10-4-2-3-5-11-24)22-19(26)16-8-9-17-18(14-16)28-21(23-17)25-12-6-7-13-25/h6-9,12-15H,2-5,10-11H2,1H3,(H,22,26)/t15-/m1/s1. The molecule has 146 valence electrons. The van der Waals surface area contributed by atoms with Crippen LogP contribution in [0.5, 0.6) is 0 Å². The molecule has 0 unspecified atom stereocenters. The van der Waals surface area contributed by atoms with E-state index in [0.717, 1.165) is 41.3 Å². The number of thiazole rings is 1. The van der Waals surface area contributed by atoms with Gasteiger partial charge < -0.3 is 14.8 Å². The lowest BCUT2D eigenvalue weighted by Gasteiger charge is -2.24. The van der Waals surface area contributed by atoms with Crippen molar-refractivity contribution in [2.24, 2.45) is 0 Å². The van der Waals surface area contributed by atoms with E-state index in [4.69, 9.17) is 0 Å². The minimum atomic E-state index is -0.529. The second-order valence-corrected chi connectivity index (χ2v) is 8.21. The third kappa shape index (κ3) is 3.94. The molecular weight excluding hydrogens is 372 g/mol. The summed E-state index contributed by atoms with van der Waals surface area (Å²) in [6.07, 6.45) is 8.31. The number of hydrogen-bond acceptors (Lipinski definition) is 4. The van der Waals surface area contributed by atoms with E-state index >= 15 is 0 Å². The van der Waals surface area contributed by atoms with Crippen LogP contribution in [0.3, 0.4) is 0 Å². The molecule has 2 aromatic heterocycles. The zero-order valence-corrected chi connectivity index (χ0v) is 16.7. The normalized spacial score (nSPS) is 16.0. The smallest absolute Gasteiger partial charge is 0.251 e. The molecule has 0 radical (unpaired) electrons. The highest BCUT2D eigenvalue weighted by molar-refractivity contribution is 7.20. The van der Waals surface area contributed by atoms with Gasteiger partial charge in [0, 0.05) is 31.0 Å². The molecule has 6 nitrogen and oxygen atoms in total. The molecule has 3 heterocycles. The maximum Gasteiger partial charge on any atom is 0.251 e. The number of benzene rings is 1. The number of likely N-dealkylation sites (tertiary alicyclic amines) is 1. The van der Waals surface area contributed by atoms with Crippen LogP contribution in [0.4, 0.5) is 0 Å². The largest absolute Gasteiger partial charge is 0.341 e. The Morgan fingerprint density at radius 3 is 2.54 bits per heavy atom. The Labute approximate surface area is 168 Å². The van der Waals surface area contributed by atoms with Gasteiger partial charge in [0.25, 0.3) is 5.91 Å². The van der Waals surface area contributed by atoms with Gasteiger partial charge in [0.15, 0.2) is 5.13 Å². The Morgan fingerprint density at radius 2 is 1.82 bits per heavy atom.